The van der Waals surface area contributed by atoms with Crippen LogP contribution >= 0.6 is 0 Å². The van der Waals surface area contributed by atoms with Gasteiger partial charge in [0.1, 0.15) is 0 Å². The fourth-order valence-electron chi connectivity index (χ4n) is 2.17. The van der Waals surface area contributed by atoms with Crippen molar-refractivity contribution in [3.05, 3.63) is 35.9 Å². The third-order valence-corrected chi connectivity index (χ3v) is 3.22. The quantitative estimate of drug-likeness (QED) is 0.705. The van der Waals surface area contributed by atoms with Gasteiger partial charge in [0.05, 0.1) is 5.60 Å². The largest absolute Gasteiger partial charge is 0.385 e. The average molecular weight is 191 g/mol. The molecule has 1 heterocycles. The molecule has 1 aromatic rings. The molecule has 2 rings (SSSR count). The van der Waals surface area contributed by atoms with Crippen molar-refractivity contribution in [2.24, 2.45) is 5.92 Å². The lowest BCUT2D eigenvalue weighted by atomic mass is 9.78. The van der Waals surface area contributed by atoms with Crippen LogP contribution in [0.4, 0.5) is 0 Å². The lowest BCUT2D eigenvalue weighted by Gasteiger charge is -2.39. The van der Waals surface area contributed by atoms with E-state index >= 15 is 0 Å². The van der Waals surface area contributed by atoms with Crippen LogP contribution in [0.2, 0.25) is 0 Å². The number of hydrogen-bond donors (Lipinski definition) is 2. The Hall–Kier alpha value is -0.860. The Balaban J connectivity index is 2.30. The van der Waals surface area contributed by atoms with Crippen molar-refractivity contribution < 1.29 is 5.11 Å². The molecule has 0 unspecified atom stereocenters. The van der Waals surface area contributed by atoms with Gasteiger partial charge < -0.3 is 10.4 Å². The number of nitrogens with one attached hydrogen (secondary N) is 1. The van der Waals surface area contributed by atoms with Crippen molar-refractivity contribution >= 4 is 0 Å². The predicted octanol–water partition coefficient (Wildman–Crippen LogP) is 1.50. The monoisotopic (exact) mass is 191 g/mol. The third kappa shape index (κ3) is 1.56. The first kappa shape index (κ1) is 9.69. The van der Waals surface area contributed by atoms with E-state index in [1.165, 1.54) is 0 Å². The molecule has 2 heteroatoms. The maximum atomic E-state index is 10.6. The third-order valence-electron chi connectivity index (χ3n) is 3.22. The van der Waals surface area contributed by atoms with Crippen LogP contribution in [0.5, 0.6) is 0 Å². The Morgan fingerprint density at radius 2 is 2.07 bits per heavy atom. The summed E-state index contributed by atoms with van der Waals surface area (Å²) < 4.78 is 0. The van der Waals surface area contributed by atoms with Gasteiger partial charge in [0, 0.05) is 12.5 Å². The normalized spacial score (nSPS) is 32.9. The van der Waals surface area contributed by atoms with Gasteiger partial charge in [0.2, 0.25) is 0 Å². The van der Waals surface area contributed by atoms with Crippen LogP contribution in [0.15, 0.2) is 30.3 Å². The van der Waals surface area contributed by atoms with Gasteiger partial charge >= 0.3 is 0 Å². The van der Waals surface area contributed by atoms with Crippen molar-refractivity contribution in [1.29, 1.82) is 0 Å². The number of piperidine rings is 1. The highest BCUT2D eigenvalue weighted by Gasteiger charge is 2.37. The molecule has 1 saturated heterocycles. The minimum atomic E-state index is -0.632. The zero-order valence-corrected chi connectivity index (χ0v) is 8.53. The molecule has 0 spiro atoms. The number of benzene rings is 1. The Kier molecular flexibility index (Phi) is 2.57. The first-order chi connectivity index (χ1) is 6.73. The van der Waals surface area contributed by atoms with E-state index in [1.807, 2.05) is 30.3 Å². The van der Waals surface area contributed by atoms with E-state index < -0.39 is 5.60 Å². The maximum absolute atomic E-state index is 10.6. The second-order valence-corrected chi connectivity index (χ2v) is 4.15. The van der Waals surface area contributed by atoms with Gasteiger partial charge in [-0.25, -0.2) is 0 Å². The van der Waals surface area contributed by atoms with Crippen LogP contribution in [-0.4, -0.2) is 18.2 Å². The summed E-state index contributed by atoms with van der Waals surface area (Å²) in [6.45, 7) is 3.89. The maximum Gasteiger partial charge on any atom is 0.0946 e. The zero-order valence-electron chi connectivity index (χ0n) is 8.53. The number of hydrogen-bond acceptors (Lipinski definition) is 2. The minimum absolute atomic E-state index is 0.277. The summed E-state index contributed by atoms with van der Waals surface area (Å²) in [7, 11) is 0. The van der Waals surface area contributed by atoms with Gasteiger partial charge in [-0.2, -0.15) is 0 Å². The van der Waals surface area contributed by atoms with Gasteiger partial charge in [-0.1, -0.05) is 37.3 Å². The standard InChI is InChI=1S/C12H17NO/c1-10-9-13-8-7-12(10,14)11-5-3-2-4-6-11/h2-6,10,13-14H,7-9H2,1H3/t10-,12-/m0/s1. The van der Waals surface area contributed by atoms with E-state index in [4.69, 9.17) is 0 Å². The summed E-state index contributed by atoms with van der Waals surface area (Å²) in [6.07, 6.45) is 0.804. The molecule has 76 valence electrons. The van der Waals surface area contributed by atoms with Crippen LogP contribution in [-0.2, 0) is 5.60 Å². The number of aliphatic hydroxyl groups is 1. The molecule has 1 aromatic carbocycles. The number of rotatable bonds is 1. The lowest BCUT2D eigenvalue weighted by Crippen LogP contribution is -2.46. The minimum Gasteiger partial charge on any atom is -0.385 e. The summed E-state index contributed by atoms with van der Waals surface area (Å²) in [6, 6.07) is 9.99. The van der Waals surface area contributed by atoms with E-state index in [0.29, 0.717) is 0 Å². The van der Waals surface area contributed by atoms with Crippen molar-refractivity contribution in [2.45, 2.75) is 18.9 Å². The molecule has 14 heavy (non-hydrogen) atoms. The Morgan fingerprint density at radius 1 is 1.36 bits per heavy atom. The van der Waals surface area contributed by atoms with E-state index in [9.17, 15) is 5.11 Å². The highest BCUT2D eigenvalue weighted by Crippen LogP contribution is 2.34. The topological polar surface area (TPSA) is 32.3 Å². The highest BCUT2D eigenvalue weighted by molar-refractivity contribution is 5.23. The smallest absolute Gasteiger partial charge is 0.0946 e. The molecule has 2 nitrogen and oxygen atoms in total. The van der Waals surface area contributed by atoms with Gasteiger partial charge in [-0.05, 0) is 18.5 Å². The van der Waals surface area contributed by atoms with Gasteiger partial charge in [0.25, 0.3) is 0 Å². The van der Waals surface area contributed by atoms with Crippen LogP contribution in [0, 0.1) is 5.92 Å². The van der Waals surface area contributed by atoms with Crippen molar-refractivity contribution in [1.82, 2.24) is 5.32 Å². The second kappa shape index (κ2) is 3.71. The molecule has 0 radical (unpaired) electrons. The molecule has 2 atom stereocenters. The Morgan fingerprint density at radius 3 is 2.71 bits per heavy atom. The molecular formula is C12H17NO. The van der Waals surface area contributed by atoms with Gasteiger partial charge in [0.15, 0.2) is 0 Å². The fourth-order valence-corrected chi connectivity index (χ4v) is 2.17. The molecule has 0 saturated carbocycles. The molecule has 0 amide bonds. The molecule has 0 aromatic heterocycles. The van der Waals surface area contributed by atoms with E-state index in [0.717, 1.165) is 25.1 Å². The van der Waals surface area contributed by atoms with Crippen molar-refractivity contribution in [3.63, 3.8) is 0 Å². The Labute approximate surface area is 85.0 Å². The predicted molar refractivity (Wildman–Crippen MR) is 57.0 cm³/mol. The molecule has 0 aliphatic carbocycles. The van der Waals surface area contributed by atoms with E-state index in [1.54, 1.807) is 0 Å². The lowest BCUT2D eigenvalue weighted by molar-refractivity contribution is -0.0392. The van der Waals surface area contributed by atoms with E-state index in [2.05, 4.69) is 12.2 Å². The highest BCUT2D eigenvalue weighted by atomic mass is 16.3. The molecule has 2 N–H and O–H groups in total. The van der Waals surface area contributed by atoms with Crippen molar-refractivity contribution in [2.75, 3.05) is 13.1 Å². The van der Waals surface area contributed by atoms with Crippen LogP contribution in [0.3, 0.4) is 0 Å². The second-order valence-electron chi connectivity index (χ2n) is 4.15. The molecule has 0 bridgehead atoms. The van der Waals surface area contributed by atoms with Crippen LogP contribution in [0.25, 0.3) is 0 Å². The first-order valence-electron chi connectivity index (χ1n) is 5.22. The molecule has 1 aliphatic rings. The van der Waals surface area contributed by atoms with Crippen molar-refractivity contribution in [3.8, 4) is 0 Å². The summed E-state index contributed by atoms with van der Waals surface area (Å²) in [5, 5.41) is 13.9. The SMILES string of the molecule is C[C@H]1CNCC[C@@]1(O)c1ccccc1. The zero-order chi connectivity index (χ0) is 10.0. The van der Waals surface area contributed by atoms with Gasteiger partial charge in [-0.3, -0.25) is 0 Å². The summed E-state index contributed by atoms with van der Waals surface area (Å²) in [5.41, 5.74) is 0.418. The molecule has 1 fully saturated rings. The van der Waals surface area contributed by atoms with Gasteiger partial charge in [-0.15, -0.1) is 0 Å². The summed E-state index contributed by atoms with van der Waals surface area (Å²) >= 11 is 0. The molecule has 1 aliphatic heterocycles. The average Bonchev–Trinajstić information content (AvgIpc) is 2.24. The van der Waals surface area contributed by atoms with Crippen LogP contribution < -0.4 is 5.32 Å². The van der Waals surface area contributed by atoms with E-state index in [-0.39, 0.29) is 5.92 Å². The molecular weight excluding hydrogens is 174 g/mol. The summed E-state index contributed by atoms with van der Waals surface area (Å²) in [5.74, 6) is 0.277. The summed E-state index contributed by atoms with van der Waals surface area (Å²) in [4.78, 5) is 0. The van der Waals surface area contributed by atoms with Crippen LogP contribution in [0.1, 0.15) is 18.9 Å². The first-order valence-corrected chi connectivity index (χ1v) is 5.22. The fraction of sp³-hybridized carbons (Fsp3) is 0.500. The Bertz CT molecular complexity index is 298.